The van der Waals surface area contributed by atoms with Crippen LogP contribution in [0, 0.1) is 11.6 Å². The summed E-state index contributed by atoms with van der Waals surface area (Å²) in [5.41, 5.74) is 0.895. The van der Waals surface area contributed by atoms with Crippen LogP contribution in [0.25, 0.3) is 0 Å². The molecule has 2 aromatic carbocycles. The normalized spacial score (nSPS) is 12.8. The maximum absolute atomic E-state index is 13.2. The molecule has 0 aromatic heterocycles. The minimum Gasteiger partial charge on any atom is -0.457 e. The number of hydrogen-bond donors (Lipinski definition) is 1. The van der Waals surface area contributed by atoms with Crippen LogP contribution in [-0.2, 0) is 16.5 Å². The van der Waals surface area contributed by atoms with Crippen molar-refractivity contribution in [2.24, 2.45) is 0 Å². The lowest BCUT2D eigenvalue weighted by Gasteiger charge is -2.10. The van der Waals surface area contributed by atoms with E-state index in [0.717, 1.165) is 23.8 Å². The molecule has 0 radical (unpaired) electrons. The molecule has 0 spiro atoms. The molecular formula is C17H18F2O4S. The lowest BCUT2D eigenvalue weighted by Crippen LogP contribution is -2.16. The molecule has 0 bridgehead atoms. The van der Waals surface area contributed by atoms with E-state index < -0.39 is 27.0 Å². The molecule has 7 heteroatoms. The monoisotopic (exact) mass is 356 g/mol. The fourth-order valence-corrected chi connectivity index (χ4v) is 2.70. The van der Waals surface area contributed by atoms with Gasteiger partial charge in [0, 0.05) is 18.2 Å². The van der Waals surface area contributed by atoms with Gasteiger partial charge in [-0.1, -0.05) is 12.1 Å². The molecule has 1 unspecified atom stereocenters. The van der Waals surface area contributed by atoms with Crippen LogP contribution in [0.4, 0.5) is 8.78 Å². The van der Waals surface area contributed by atoms with E-state index in [1.807, 2.05) is 6.07 Å². The summed E-state index contributed by atoms with van der Waals surface area (Å²) in [5, 5.41) is -0.813. The average Bonchev–Trinajstić information content (AvgIpc) is 2.45. The highest BCUT2D eigenvalue weighted by molar-refractivity contribution is 7.86. The Morgan fingerprint density at radius 3 is 2.38 bits per heavy atom. The van der Waals surface area contributed by atoms with E-state index in [2.05, 4.69) is 0 Å². The topological polar surface area (TPSA) is 63.6 Å². The van der Waals surface area contributed by atoms with Crippen LogP contribution in [0.5, 0.6) is 11.5 Å². The molecule has 0 fully saturated rings. The fourth-order valence-electron chi connectivity index (χ4n) is 2.23. The maximum atomic E-state index is 13.2. The number of hydrogen-bond acceptors (Lipinski definition) is 3. The van der Waals surface area contributed by atoms with Gasteiger partial charge in [-0.2, -0.15) is 8.42 Å². The predicted molar refractivity (Wildman–Crippen MR) is 86.8 cm³/mol. The second-order valence-electron chi connectivity index (χ2n) is 5.57. The third-order valence-corrected chi connectivity index (χ3v) is 4.81. The minimum atomic E-state index is -4.01. The number of aryl methyl sites for hydroxylation is 1. The van der Waals surface area contributed by atoms with Gasteiger partial charge in [-0.25, -0.2) is 8.78 Å². The first kappa shape index (κ1) is 18.4. The Kier molecular flexibility index (Phi) is 5.90. The Morgan fingerprint density at radius 2 is 1.75 bits per heavy atom. The molecule has 0 heterocycles. The largest absolute Gasteiger partial charge is 0.457 e. The number of benzene rings is 2. The fraction of sp³-hybridized carbons (Fsp3) is 0.294. The lowest BCUT2D eigenvalue weighted by atomic mass is 10.1. The summed E-state index contributed by atoms with van der Waals surface area (Å²) in [4.78, 5) is 0. The minimum absolute atomic E-state index is 0.0599. The molecule has 0 saturated heterocycles. The molecule has 1 N–H and O–H groups in total. The molecule has 4 nitrogen and oxygen atoms in total. The van der Waals surface area contributed by atoms with E-state index in [4.69, 9.17) is 9.29 Å². The number of ether oxygens (including phenoxy) is 1. The molecule has 0 aliphatic heterocycles. The Bertz CT molecular complexity index is 786. The molecule has 0 saturated carbocycles. The number of halogens is 2. The van der Waals surface area contributed by atoms with Gasteiger partial charge >= 0.3 is 0 Å². The predicted octanol–water partition coefficient (Wildman–Crippen LogP) is 4.36. The maximum Gasteiger partial charge on any atom is 0.267 e. The molecule has 2 aromatic rings. The molecule has 2 rings (SSSR count). The Balaban J connectivity index is 1.98. The van der Waals surface area contributed by atoms with Crippen molar-refractivity contribution in [2.75, 3.05) is 0 Å². The Morgan fingerprint density at radius 1 is 1.08 bits per heavy atom. The van der Waals surface area contributed by atoms with Crippen LogP contribution in [-0.4, -0.2) is 18.2 Å². The molecule has 0 aliphatic carbocycles. The van der Waals surface area contributed by atoms with Gasteiger partial charge in [-0.3, -0.25) is 4.55 Å². The highest BCUT2D eigenvalue weighted by Gasteiger charge is 2.16. The van der Waals surface area contributed by atoms with E-state index in [9.17, 15) is 17.2 Å². The highest BCUT2D eigenvalue weighted by Crippen LogP contribution is 2.24. The van der Waals surface area contributed by atoms with Crippen molar-refractivity contribution < 1.29 is 26.5 Å². The van der Waals surface area contributed by atoms with Crippen molar-refractivity contribution in [3.05, 3.63) is 59.7 Å². The van der Waals surface area contributed by atoms with E-state index in [1.54, 1.807) is 18.2 Å². The van der Waals surface area contributed by atoms with Crippen LogP contribution in [0.3, 0.4) is 0 Å². The van der Waals surface area contributed by atoms with Crippen LogP contribution >= 0.6 is 0 Å². The van der Waals surface area contributed by atoms with Crippen LogP contribution in [0.2, 0.25) is 0 Å². The third kappa shape index (κ3) is 5.58. The standard InChI is InChI=1S/C17H18F2O4S/c1-12(24(20,21)22)4-2-5-13-6-3-7-16(8-13)23-17-10-14(18)9-15(19)11-17/h3,6-12H,2,4-5H2,1H3,(H,20,21,22). The Hall–Kier alpha value is -1.99. The molecule has 1 atom stereocenters. The first-order valence-corrected chi connectivity index (χ1v) is 8.93. The lowest BCUT2D eigenvalue weighted by molar-refractivity contribution is 0.462. The van der Waals surface area contributed by atoms with Gasteiger partial charge in [0.1, 0.15) is 23.1 Å². The first-order valence-electron chi connectivity index (χ1n) is 7.43. The van der Waals surface area contributed by atoms with Gasteiger partial charge in [0.25, 0.3) is 10.1 Å². The summed E-state index contributed by atoms with van der Waals surface area (Å²) in [7, 11) is -4.01. The Labute approximate surface area is 139 Å². The van der Waals surface area contributed by atoms with E-state index in [1.165, 1.54) is 6.92 Å². The summed E-state index contributed by atoms with van der Waals surface area (Å²) in [6, 6.07) is 9.91. The second kappa shape index (κ2) is 7.72. The van der Waals surface area contributed by atoms with E-state index in [-0.39, 0.29) is 5.75 Å². The molecule has 0 aliphatic rings. The summed E-state index contributed by atoms with van der Waals surface area (Å²) in [6.07, 6.45) is 1.49. The zero-order valence-electron chi connectivity index (χ0n) is 13.1. The van der Waals surface area contributed by atoms with Crippen LogP contribution < -0.4 is 4.74 Å². The zero-order chi connectivity index (χ0) is 17.7. The summed E-state index contributed by atoms with van der Waals surface area (Å²) in [5.74, 6) is -0.953. The summed E-state index contributed by atoms with van der Waals surface area (Å²) >= 11 is 0. The highest BCUT2D eigenvalue weighted by atomic mass is 32.2. The van der Waals surface area contributed by atoms with Crippen molar-refractivity contribution in [2.45, 2.75) is 31.4 Å². The van der Waals surface area contributed by atoms with Crippen molar-refractivity contribution in [1.82, 2.24) is 0 Å². The van der Waals surface area contributed by atoms with E-state index in [0.29, 0.717) is 25.0 Å². The molecule has 0 amide bonds. The van der Waals surface area contributed by atoms with Gasteiger partial charge in [0.05, 0.1) is 5.25 Å². The van der Waals surface area contributed by atoms with Gasteiger partial charge in [-0.05, 0) is 43.9 Å². The smallest absolute Gasteiger partial charge is 0.267 e. The van der Waals surface area contributed by atoms with Gasteiger partial charge in [-0.15, -0.1) is 0 Å². The molecular weight excluding hydrogens is 338 g/mol. The van der Waals surface area contributed by atoms with Crippen molar-refractivity contribution in [3.8, 4) is 11.5 Å². The third-order valence-electron chi connectivity index (χ3n) is 3.55. The second-order valence-corrected chi connectivity index (χ2v) is 7.41. The van der Waals surface area contributed by atoms with Gasteiger partial charge in [0.15, 0.2) is 0 Å². The van der Waals surface area contributed by atoms with Crippen molar-refractivity contribution in [3.63, 3.8) is 0 Å². The first-order chi connectivity index (χ1) is 11.2. The number of rotatable bonds is 7. The zero-order valence-corrected chi connectivity index (χ0v) is 13.9. The average molecular weight is 356 g/mol. The van der Waals surface area contributed by atoms with Crippen LogP contribution in [0.1, 0.15) is 25.3 Å². The van der Waals surface area contributed by atoms with Crippen LogP contribution in [0.15, 0.2) is 42.5 Å². The van der Waals surface area contributed by atoms with E-state index >= 15 is 0 Å². The quantitative estimate of drug-likeness (QED) is 0.749. The van der Waals surface area contributed by atoms with Crippen molar-refractivity contribution >= 4 is 10.1 Å². The molecule has 24 heavy (non-hydrogen) atoms. The summed E-state index contributed by atoms with van der Waals surface area (Å²) in [6.45, 7) is 1.45. The SMILES string of the molecule is CC(CCCc1cccc(Oc2cc(F)cc(F)c2)c1)S(=O)(=O)O. The van der Waals surface area contributed by atoms with Gasteiger partial charge in [0.2, 0.25) is 0 Å². The summed E-state index contributed by atoms with van der Waals surface area (Å²) < 4.78 is 62.6. The van der Waals surface area contributed by atoms with Gasteiger partial charge < -0.3 is 4.74 Å². The molecule has 130 valence electrons. The van der Waals surface area contributed by atoms with Crippen molar-refractivity contribution in [1.29, 1.82) is 0 Å².